The molecule has 1 saturated heterocycles. The SMILES string of the molecule is CCN(CC)c1ccc2c(-c3ccccc3C(=O)N3CCN(C(=O)c4ccc(/C=C/c5cc(C)c([N+](=O)[O-])c(C)c5)cc4)CC3)c3ccc(=[N+](CC)CC)cc-3oc2c1. The van der Waals surface area contributed by atoms with Gasteiger partial charge in [-0.15, -0.1) is 0 Å². The molecule has 0 radical (unpaired) electrons. The van der Waals surface area contributed by atoms with Crippen molar-refractivity contribution in [2.45, 2.75) is 41.5 Å². The number of nitrogens with zero attached hydrogens (tertiary/aromatic N) is 5. The summed E-state index contributed by atoms with van der Waals surface area (Å²) in [6.45, 7) is 17.3. The van der Waals surface area contributed by atoms with Crippen molar-refractivity contribution in [2.24, 2.45) is 0 Å². The van der Waals surface area contributed by atoms with Crippen molar-refractivity contribution in [3.63, 3.8) is 0 Å². The number of piperazine rings is 1. The maximum Gasteiger partial charge on any atom is 0.275 e. The molecule has 4 aromatic carbocycles. The van der Waals surface area contributed by atoms with Gasteiger partial charge in [0.1, 0.15) is 24.4 Å². The quantitative estimate of drug-likeness (QED) is 0.0427. The highest BCUT2D eigenvalue weighted by Crippen LogP contribution is 2.42. The van der Waals surface area contributed by atoms with Crippen LogP contribution < -0.4 is 14.8 Å². The van der Waals surface area contributed by atoms with Gasteiger partial charge >= 0.3 is 0 Å². The van der Waals surface area contributed by atoms with E-state index in [1.54, 1.807) is 26.0 Å². The lowest BCUT2D eigenvalue weighted by Gasteiger charge is -2.35. The van der Waals surface area contributed by atoms with Gasteiger partial charge < -0.3 is 19.1 Å². The Morgan fingerprint density at radius 2 is 1.36 bits per heavy atom. The number of carbonyl (C=O) groups excluding carboxylic acids is 2. The van der Waals surface area contributed by atoms with Crippen LogP contribution in [0.25, 0.3) is 45.6 Å². The second-order valence-electron chi connectivity index (χ2n) is 15.0. The van der Waals surface area contributed by atoms with Crippen LogP contribution in [-0.2, 0) is 0 Å². The zero-order valence-electron chi connectivity index (χ0n) is 34.8. The van der Waals surface area contributed by atoms with E-state index < -0.39 is 0 Å². The summed E-state index contributed by atoms with van der Waals surface area (Å²) < 4.78 is 9.00. The molecule has 4 aromatic rings. The number of amides is 2. The molecule has 0 atom stereocenters. The van der Waals surface area contributed by atoms with Gasteiger partial charge in [0.25, 0.3) is 17.5 Å². The second-order valence-corrected chi connectivity index (χ2v) is 15.0. The summed E-state index contributed by atoms with van der Waals surface area (Å²) in [7, 11) is 0. The summed E-state index contributed by atoms with van der Waals surface area (Å²) >= 11 is 0. The number of benzene rings is 5. The van der Waals surface area contributed by atoms with Crippen LogP contribution in [0.4, 0.5) is 11.4 Å². The van der Waals surface area contributed by atoms with Crippen LogP contribution in [0.5, 0.6) is 0 Å². The molecule has 302 valence electrons. The van der Waals surface area contributed by atoms with E-state index in [-0.39, 0.29) is 22.4 Å². The van der Waals surface area contributed by atoms with Gasteiger partial charge in [0.05, 0.1) is 11.0 Å². The third-order valence-electron chi connectivity index (χ3n) is 11.5. The summed E-state index contributed by atoms with van der Waals surface area (Å²) in [5.41, 5.74) is 8.96. The third-order valence-corrected chi connectivity index (χ3v) is 11.5. The minimum Gasteiger partial charge on any atom is -0.456 e. The van der Waals surface area contributed by atoms with E-state index in [0.717, 1.165) is 81.8 Å². The number of anilines is 1. The standard InChI is InChI=1S/C49H52N5O5/c1-7-50(8-2)38-21-23-42-44(31-38)59-45-32-39(51(9-3)10-4)22-24-43(45)46(42)40-13-11-12-14-41(40)49(56)53-27-25-52(26-28-53)48(55)37-19-17-35(18-20-37)15-16-36-29-33(5)47(54(57)58)34(6)30-36/h11-24,29-32H,7-10,25-28H2,1-6H3/q+1/b16-15+. The first-order valence-corrected chi connectivity index (χ1v) is 20.6. The van der Waals surface area contributed by atoms with E-state index in [4.69, 9.17) is 4.42 Å². The Hall–Kier alpha value is -6.55. The van der Waals surface area contributed by atoms with Crippen molar-refractivity contribution >= 4 is 46.3 Å². The van der Waals surface area contributed by atoms with Crippen LogP contribution >= 0.6 is 0 Å². The predicted molar refractivity (Wildman–Crippen MR) is 238 cm³/mol. The second kappa shape index (κ2) is 17.5. The summed E-state index contributed by atoms with van der Waals surface area (Å²) in [6.07, 6.45) is 3.85. The molecule has 1 aliphatic carbocycles. The molecule has 2 amide bonds. The van der Waals surface area contributed by atoms with Gasteiger partial charge in [0.15, 0.2) is 0 Å². The molecular weight excluding hydrogens is 739 g/mol. The largest absolute Gasteiger partial charge is 0.456 e. The van der Waals surface area contributed by atoms with Gasteiger partial charge in [-0.3, -0.25) is 19.7 Å². The highest BCUT2D eigenvalue weighted by Gasteiger charge is 2.29. The van der Waals surface area contributed by atoms with Gasteiger partial charge in [-0.05, 0) is 107 Å². The number of nitro groups is 1. The fourth-order valence-electron chi connectivity index (χ4n) is 8.38. The minimum atomic E-state index is -0.346. The zero-order valence-corrected chi connectivity index (χ0v) is 34.8. The number of aryl methyl sites for hydroxylation is 2. The van der Waals surface area contributed by atoms with Crippen molar-refractivity contribution < 1.29 is 18.9 Å². The molecule has 7 rings (SSSR count). The molecule has 10 nitrogen and oxygen atoms in total. The average molecular weight is 791 g/mol. The minimum absolute atomic E-state index is 0.0659. The first-order valence-electron chi connectivity index (χ1n) is 20.6. The van der Waals surface area contributed by atoms with Crippen LogP contribution in [0.2, 0.25) is 0 Å². The number of rotatable bonds is 11. The van der Waals surface area contributed by atoms with Gasteiger partial charge in [-0.2, -0.15) is 0 Å². The zero-order chi connectivity index (χ0) is 41.8. The Morgan fingerprint density at radius 1 is 0.729 bits per heavy atom. The monoisotopic (exact) mass is 790 g/mol. The molecular formula is C49H52N5O5+. The first-order chi connectivity index (χ1) is 28.5. The molecule has 0 bridgehead atoms. The van der Waals surface area contributed by atoms with Crippen LogP contribution in [0, 0.1) is 24.0 Å². The Bertz CT molecular complexity index is 2580. The van der Waals surface area contributed by atoms with E-state index in [0.29, 0.717) is 48.4 Å². The number of nitro benzene ring substituents is 1. The van der Waals surface area contributed by atoms with Crippen molar-refractivity contribution in [1.29, 1.82) is 0 Å². The first kappa shape index (κ1) is 40.6. The molecule has 2 aliphatic heterocycles. The molecule has 0 N–H and O–H groups in total. The normalized spacial score (nSPS) is 13.1. The van der Waals surface area contributed by atoms with Crippen LogP contribution in [0.1, 0.15) is 70.7 Å². The smallest absolute Gasteiger partial charge is 0.275 e. The molecule has 10 heteroatoms. The van der Waals surface area contributed by atoms with E-state index in [1.807, 2.05) is 70.5 Å². The van der Waals surface area contributed by atoms with Gasteiger partial charge in [0, 0.05) is 95.9 Å². The summed E-state index contributed by atoms with van der Waals surface area (Å²) in [6, 6.07) is 31.6. The van der Waals surface area contributed by atoms with E-state index >= 15 is 0 Å². The Morgan fingerprint density at radius 3 is 1.98 bits per heavy atom. The summed E-state index contributed by atoms with van der Waals surface area (Å²) in [4.78, 5) is 45.1. The molecule has 0 unspecified atom stereocenters. The lowest BCUT2D eigenvalue weighted by Crippen LogP contribution is -2.50. The van der Waals surface area contributed by atoms with Crippen LogP contribution in [-0.4, -0.2) is 78.9 Å². The van der Waals surface area contributed by atoms with Crippen molar-refractivity contribution in [2.75, 3.05) is 57.3 Å². The maximum atomic E-state index is 14.5. The molecule has 1 fully saturated rings. The number of hydrogen-bond acceptors (Lipinski definition) is 6. The van der Waals surface area contributed by atoms with Gasteiger partial charge in [0.2, 0.25) is 5.36 Å². The molecule has 0 spiro atoms. The molecule has 3 aliphatic rings. The van der Waals surface area contributed by atoms with E-state index in [2.05, 4.69) is 73.6 Å². The summed E-state index contributed by atoms with van der Waals surface area (Å²) in [5.74, 6) is 0.624. The lowest BCUT2D eigenvalue weighted by molar-refractivity contribution is -0.386. The van der Waals surface area contributed by atoms with Crippen molar-refractivity contribution in [3.05, 3.63) is 146 Å². The van der Waals surface area contributed by atoms with E-state index in [1.165, 1.54) is 0 Å². The Balaban J connectivity index is 1.12. The lowest BCUT2D eigenvalue weighted by atomic mass is 9.90. The van der Waals surface area contributed by atoms with Gasteiger partial charge in [-0.1, -0.05) is 42.5 Å². The van der Waals surface area contributed by atoms with Crippen LogP contribution in [0.15, 0.2) is 101 Å². The Labute approximate surface area is 345 Å². The number of carbonyl (C=O) groups is 2. The maximum absolute atomic E-state index is 14.5. The topological polar surface area (TPSA) is 103 Å². The number of fused-ring (bicyclic) bond motifs is 2. The molecule has 2 heterocycles. The van der Waals surface area contributed by atoms with Crippen molar-refractivity contribution in [3.8, 4) is 22.5 Å². The highest BCUT2D eigenvalue weighted by molar-refractivity contribution is 6.09. The number of hydrogen-bond donors (Lipinski definition) is 0. The Kier molecular flexibility index (Phi) is 12.1. The van der Waals surface area contributed by atoms with Crippen molar-refractivity contribution in [1.82, 2.24) is 14.4 Å². The summed E-state index contributed by atoms with van der Waals surface area (Å²) in [5, 5.41) is 13.4. The third kappa shape index (κ3) is 8.26. The average Bonchev–Trinajstić information content (AvgIpc) is 3.25. The molecule has 0 saturated carbocycles. The van der Waals surface area contributed by atoms with Gasteiger partial charge in [-0.25, -0.2) is 4.58 Å². The van der Waals surface area contributed by atoms with E-state index in [9.17, 15) is 19.7 Å². The van der Waals surface area contributed by atoms with Crippen LogP contribution in [0.3, 0.4) is 0 Å². The fraction of sp³-hybridized carbons (Fsp3) is 0.286. The highest BCUT2D eigenvalue weighted by atomic mass is 16.6. The molecule has 59 heavy (non-hydrogen) atoms. The predicted octanol–water partition coefficient (Wildman–Crippen LogP) is 9.16. The fourth-order valence-corrected chi connectivity index (χ4v) is 8.38. The molecule has 0 aromatic heterocycles.